The van der Waals surface area contributed by atoms with E-state index in [0.717, 1.165) is 0 Å². The van der Waals surface area contributed by atoms with Crippen molar-refractivity contribution >= 4 is 59.6 Å². The second-order valence-corrected chi connectivity index (χ2v) is 18.7. The Balaban J connectivity index is 1.13. The van der Waals surface area contributed by atoms with E-state index in [1.807, 2.05) is 0 Å². The van der Waals surface area contributed by atoms with Gasteiger partial charge in [0.15, 0.2) is 0 Å². The first kappa shape index (κ1) is 35.5. The Morgan fingerprint density at radius 2 is 0.661 bits per heavy atom. The zero-order chi connectivity index (χ0) is 40.2. The molecular formula is C58H47N. The van der Waals surface area contributed by atoms with Crippen molar-refractivity contribution in [1.29, 1.82) is 0 Å². The van der Waals surface area contributed by atoms with Crippen LogP contribution in [0.5, 0.6) is 0 Å². The molecule has 0 fully saturated rings. The molecule has 9 aromatic carbocycles. The van der Waals surface area contributed by atoms with Gasteiger partial charge in [-0.2, -0.15) is 0 Å². The van der Waals surface area contributed by atoms with Gasteiger partial charge in [0.25, 0.3) is 0 Å². The third kappa shape index (κ3) is 5.91. The van der Waals surface area contributed by atoms with E-state index in [1.165, 1.54) is 115 Å². The maximum atomic E-state index is 2.55. The number of nitrogens with zero attached hydrogens (tertiary/aromatic N) is 1. The van der Waals surface area contributed by atoms with Crippen LogP contribution in [-0.2, 0) is 10.8 Å². The highest BCUT2D eigenvalue weighted by Gasteiger charge is 2.21. The SMILES string of the molecule is CC(C)(C)c1ccc(-c2ccc3cc4c5cc(-c6ccc(-c7ccccc7)cc6)cc6c7cc8ccc(-c9ccc(C(C)(C)C)cc9)cc8cc7n(c4cc3c2)c56)cc1. The molecule has 0 radical (unpaired) electrons. The van der Waals surface area contributed by atoms with Gasteiger partial charge in [-0.15, -0.1) is 0 Å². The molecule has 0 atom stereocenters. The van der Waals surface area contributed by atoms with Crippen molar-refractivity contribution in [3.05, 3.63) is 187 Å². The van der Waals surface area contributed by atoms with E-state index in [1.54, 1.807) is 0 Å². The molecule has 1 nitrogen and oxygen atoms in total. The van der Waals surface area contributed by atoms with E-state index < -0.39 is 0 Å². The third-order valence-corrected chi connectivity index (χ3v) is 12.8. The van der Waals surface area contributed by atoms with Crippen molar-refractivity contribution in [3.8, 4) is 44.5 Å². The molecule has 11 rings (SSSR count). The van der Waals surface area contributed by atoms with E-state index in [0.29, 0.717) is 0 Å². The second-order valence-electron chi connectivity index (χ2n) is 18.7. The van der Waals surface area contributed by atoms with Crippen LogP contribution in [0.1, 0.15) is 52.7 Å². The molecule has 0 aliphatic heterocycles. The first-order valence-electron chi connectivity index (χ1n) is 21.0. The van der Waals surface area contributed by atoms with Gasteiger partial charge in [-0.1, -0.05) is 169 Å². The molecule has 0 bridgehead atoms. The molecule has 0 saturated carbocycles. The van der Waals surface area contributed by atoms with Gasteiger partial charge in [0.05, 0.1) is 16.6 Å². The summed E-state index contributed by atoms with van der Waals surface area (Å²) in [5.74, 6) is 0. The van der Waals surface area contributed by atoms with Crippen molar-refractivity contribution in [2.45, 2.75) is 52.4 Å². The summed E-state index contributed by atoms with van der Waals surface area (Å²) in [5, 5.41) is 10.2. The van der Waals surface area contributed by atoms with Crippen LogP contribution < -0.4 is 0 Å². The minimum absolute atomic E-state index is 0.123. The molecule has 1 heteroatoms. The number of hydrogen-bond acceptors (Lipinski definition) is 0. The lowest BCUT2D eigenvalue weighted by atomic mass is 9.86. The lowest BCUT2D eigenvalue weighted by molar-refractivity contribution is 0.590. The molecule has 0 aliphatic carbocycles. The van der Waals surface area contributed by atoms with Crippen LogP contribution in [0.15, 0.2) is 176 Å². The molecule has 0 N–H and O–H groups in total. The topological polar surface area (TPSA) is 4.41 Å². The summed E-state index contributed by atoms with van der Waals surface area (Å²) in [6, 6.07) is 66.5. The van der Waals surface area contributed by atoms with E-state index in [9.17, 15) is 0 Å². The van der Waals surface area contributed by atoms with Gasteiger partial charge in [-0.25, -0.2) is 0 Å². The maximum absolute atomic E-state index is 2.55. The van der Waals surface area contributed by atoms with E-state index in [4.69, 9.17) is 0 Å². The quantitative estimate of drug-likeness (QED) is 0.168. The normalized spacial score (nSPS) is 12.6. The van der Waals surface area contributed by atoms with Gasteiger partial charge in [0.2, 0.25) is 0 Å². The highest BCUT2D eigenvalue weighted by molar-refractivity contribution is 6.27. The van der Waals surface area contributed by atoms with Crippen LogP contribution in [0.25, 0.3) is 104 Å². The predicted octanol–water partition coefficient (Wildman–Crippen LogP) is 16.4. The first-order valence-corrected chi connectivity index (χ1v) is 21.0. The Bertz CT molecular complexity index is 3200. The summed E-state index contributed by atoms with van der Waals surface area (Å²) in [5.41, 5.74) is 16.6. The van der Waals surface area contributed by atoms with Crippen LogP contribution in [-0.4, -0.2) is 4.40 Å². The molecule has 284 valence electrons. The average Bonchev–Trinajstić information content (AvgIpc) is 3.74. The molecule has 0 saturated heterocycles. The molecule has 59 heavy (non-hydrogen) atoms. The maximum Gasteiger partial charge on any atom is 0.0620 e. The summed E-state index contributed by atoms with van der Waals surface area (Å²) in [4.78, 5) is 0. The zero-order valence-corrected chi connectivity index (χ0v) is 34.7. The lowest BCUT2D eigenvalue weighted by Gasteiger charge is -2.19. The fraction of sp³-hybridized carbons (Fsp3) is 0.138. The number of aromatic nitrogens is 1. The lowest BCUT2D eigenvalue weighted by Crippen LogP contribution is -2.10. The monoisotopic (exact) mass is 757 g/mol. The standard InChI is InChI=1S/C58H47N/c1-57(2,3)48-24-20-38(21-25-48)41-16-18-43-30-50-52-32-47(40-14-12-37(13-15-40)36-10-8-7-9-11-36)33-53-51-31-44-19-17-42(39-22-26-49(27-23-39)58(4,5)6)29-46(44)35-55(51)59(56(52)53)54(50)34-45(43)28-41/h7-35H,1-6H3. The van der Waals surface area contributed by atoms with Crippen LogP contribution in [0.4, 0.5) is 0 Å². The zero-order valence-electron chi connectivity index (χ0n) is 34.7. The summed E-state index contributed by atoms with van der Waals surface area (Å²) in [7, 11) is 0. The van der Waals surface area contributed by atoms with Crippen molar-refractivity contribution in [3.63, 3.8) is 0 Å². The largest absolute Gasteiger partial charge is 0.308 e. The summed E-state index contributed by atoms with van der Waals surface area (Å²) < 4.78 is 2.55. The highest BCUT2D eigenvalue weighted by Crippen LogP contribution is 2.45. The van der Waals surface area contributed by atoms with Gasteiger partial charge < -0.3 is 4.40 Å². The summed E-state index contributed by atoms with van der Waals surface area (Å²) in [6.07, 6.45) is 0. The van der Waals surface area contributed by atoms with Gasteiger partial charge >= 0.3 is 0 Å². The third-order valence-electron chi connectivity index (χ3n) is 12.8. The summed E-state index contributed by atoms with van der Waals surface area (Å²) >= 11 is 0. The van der Waals surface area contributed by atoms with Gasteiger partial charge in [0.1, 0.15) is 0 Å². The second kappa shape index (κ2) is 12.9. The number of benzene rings is 9. The molecule has 0 spiro atoms. The van der Waals surface area contributed by atoms with Crippen LogP contribution in [0, 0.1) is 0 Å². The van der Waals surface area contributed by atoms with E-state index in [2.05, 4.69) is 222 Å². The molecule has 0 unspecified atom stereocenters. The minimum Gasteiger partial charge on any atom is -0.308 e. The van der Waals surface area contributed by atoms with Crippen molar-refractivity contribution < 1.29 is 0 Å². The average molecular weight is 758 g/mol. The Hall–Kier alpha value is -6.70. The van der Waals surface area contributed by atoms with Crippen molar-refractivity contribution in [2.75, 3.05) is 0 Å². The van der Waals surface area contributed by atoms with Crippen LogP contribution in [0.2, 0.25) is 0 Å². The van der Waals surface area contributed by atoms with Crippen molar-refractivity contribution in [2.24, 2.45) is 0 Å². The highest BCUT2D eigenvalue weighted by atomic mass is 14.9. The number of rotatable bonds is 4. The number of hydrogen-bond donors (Lipinski definition) is 0. The Kier molecular flexibility index (Phi) is 7.75. The summed E-state index contributed by atoms with van der Waals surface area (Å²) in [6.45, 7) is 13.6. The van der Waals surface area contributed by atoms with Gasteiger partial charge in [0, 0.05) is 21.5 Å². The van der Waals surface area contributed by atoms with Crippen LogP contribution in [0.3, 0.4) is 0 Å². The Morgan fingerprint density at radius 1 is 0.288 bits per heavy atom. The van der Waals surface area contributed by atoms with Gasteiger partial charge in [-0.05, 0) is 137 Å². The first-order chi connectivity index (χ1) is 28.5. The fourth-order valence-electron chi connectivity index (χ4n) is 9.37. The smallest absolute Gasteiger partial charge is 0.0620 e. The minimum atomic E-state index is 0.123. The fourth-order valence-corrected chi connectivity index (χ4v) is 9.37. The molecule has 0 amide bonds. The molecule has 2 heterocycles. The Morgan fingerprint density at radius 3 is 1.10 bits per heavy atom. The molecule has 2 aromatic heterocycles. The van der Waals surface area contributed by atoms with Crippen molar-refractivity contribution in [1.82, 2.24) is 4.40 Å². The molecule has 11 aromatic rings. The number of fused-ring (bicyclic) bond motifs is 8. The molecular weight excluding hydrogens is 711 g/mol. The van der Waals surface area contributed by atoms with E-state index >= 15 is 0 Å². The van der Waals surface area contributed by atoms with E-state index in [-0.39, 0.29) is 10.8 Å². The van der Waals surface area contributed by atoms with Gasteiger partial charge in [-0.3, -0.25) is 0 Å². The van der Waals surface area contributed by atoms with Crippen LogP contribution >= 0.6 is 0 Å². The molecule has 0 aliphatic rings. The predicted molar refractivity (Wildman–Crippen MR) is 255 cm³/mol. The Labute approximate surface area is 346 Å².